The lowest BCUT2D eigenvalue weighted by Gasteiger charge is -2.26. The molecule has 1 aromatic rings. The summed E-state index contributed by atoms with van der Waals surface area (Å²) < 4.78 is 5.99. The third-order valence-electron chi connectivity index (χ3n) is 3.19. The van der Waals surface area contributed by atoms with Crippen LogP contribution in [0.2, 0.25) is 0 Å². The topological polar surface area (TPSA) is 22.1 Å². The number of hydrogen-bond acceptors (Lipinski definition) is 2. The Labute approximate surface area is 122 Å². The van der Waals surface area contributed by atoms with Crippen molar-refractivity contribution in [2.75, 3.05) is 0 Å². The number of pyridine rings is 1. The molecule has 0 N–H and O–H groups in total. The Hall–Kier alpha value is -0.0900. The van der Waals surface area contributed by atoms with Crippen molar-refractivity contribution < 1.29 is 4.74 Å². The molecule has 0 saturated heterocycles. The molecule has 96 valence electrons. The zero-order chi connectivity index (χ0) is 11.4. The highest BCUT2D eigenvalue weighted by atomic mass is 79.9. The van der Waals surface area contributed by atoms with Gasteiger partial charge in [-0.3, -0.25) is 4.98 Å². The summed E-state index contributed by atoms with van der Waals surface area (Å²) in [5, 5.41) is 0.784. The number of ether oxygens (including phenoxy) is 1. The van der Waals surface area contributed by atoms with Crippen LogP contribution in [0.3, 0.4) is 0 Å². The van der Waals surface area contributed by atoms with Crippen molar-refractivity contribution >= 4 is 32.9 Å². The summed E-state index contributed by atoms with van der Waals surface area (Å²) in [6.07, 6.45) is 7.18. The first-order valence-electron chi connectivity index (χ1n) is 5.95. The van der Waals surface area contributed by atoms with Crippen LogP contribution in [-0.4, -0.2) is 11.1 Å². The van der Waals surface area contributed by atoms with Gasteiger partial charge in [-0.05, 0) is 37.7 Å². The van der Waals surface area contributed by atoms with Gasteiger partial charge in [-0.2, -0.15) is 0 Å². The smallest absolute Gasteiger partial charge is 0.123 e. The Bertz CT molecular complexity index is 338. The second-order valence-corrected chi connectivity index (χ2v) is 5.18. The van der Waals surface area contributed by atoms with Gasteiger partial charge in [0.25, 0.3) is 0 Å². The quantitative estimate of drug-likeness (QED) is 0.736. The first kappa shape index (κ1) is 15.0. The first-order valence-corrected chi connectivity index (χ1v) is 7.07. The number of rotatable bonds is 3. The zero-order valence-corrected chi connectivity index (χ0v) is 13.4. The van der Waals surface area contributed by atoms with Crippen LogP contribution in [0.15, 0.2) is 18.3 Å². The molecular formula is C13H19Br2NO. The predicted octanol–water partition coefficient (Wildman–Crippen LogP) is 4.51. The third kappa shape index (κ3) is 4.59. The number of halogens is 2. The molecule has 1 aromatic heterocycles. The van der Waals surface area contributed by atoms with Gasteiger partial charge in [0, 0.05) is 17.6 Å². The highest BCUT2D eigenvalue weighted by molar-refractivity contribution is 9.08. The van der Waals surface area contributed by atoms with E-state index in [1.165, 1.54) is 25.7 Å². The van der Waals surface area contributed by atoms with Gasteiger partial charge in [0.1, 0.15) is 5.75 Å². The molecule has 0 atom stereocenters. The van der Waals surface area contributed by atoms with Crippen LogP contribution in [0, 0.1) is 5.92 Å². The fourth-order valence-corrected chi connectivity index (χ4v) is 2.45. The van der Waals surface area contributed by atoms with Crippen LogP contribution < -0.4 is 4.74 Å². The van der Waals surface area contributed by atoms with Gasteiger partial charge >= 0.3 is 0 Å². The van der Waals surface area contributed by atoms with E-state index in [9.17, 15) is 0 Å². The second-order valence-electron chi connectivity index (χ2n) is 4.62. The summed E-state index contributed by atoms with van der Waals surface area (Å²) >= 11 is 3.41. The first-order chi connectivity index (χ1) is 7.78. The van der Waals surface area contributed by atoms with Crippen LogP contribution in [0.25, 0.3) is 0 Å². The lowest BCUT2D eigenvalue weighted by Crippen LogP contribution is -2.23. The molecule has 0 amide bonds. The lowest BCUT2D eigenvalue weighted by molar-refractivity contribution is 0.135. The molecule has 4 heteroatoms. The number of aromatic nitrogens is 1. The molecule has 1 aliphatic carbocycles. The van der Waals surface area contributed by atoms with E-state index in [1.54, 1.807) is 0 Å². The molecule has 1 heterocycles. The fraction of sp³-hybridized carbons (Fsp3) is 0.615. The van der Waals surface area contributed by atoms with Crippen molar-refractivity contribution in [1.82, 2.24) is 4.98 Å². The maximum Gasteiger partial charge on any atom is 0.123 e. The maximum atomic E-state index is 5.99. The van der Waals surface area contributed by atoms with Crippen LogP contribution in [0.4, 0.5) is 0 Å². The SMILES string of the molecule is Br.CC1CCC(Oc2ccnc(CBr)c2)CC1. The van der Waals surface area contributed by atoms with E-state index in [0.29, 0.717) is 6.10 Å². The van der Waals surface area contributed by atoms with Crippen LogP contribution in [0.1, 0.15) is 38.3 Å². The molecule has 2 rings (SSSR count). The maximum absolute atomic E-state index is 5.99. The van der Waals surface area contributed by atoms with Crippen molar-refractivity contribution in [2.45, 2.75) is 44.0 Å². The summed E-state index contributed by atoms with van der Waals surface area (Å²) in [7, 11) is 0. The van der Waals surface area contributed by atoms with E-state index in [1.807, 2.05) is 18.3 Å². The summed E-state index contributed by atoms with van der Waals surface area (Å²) in [6, 6.07) is 3.97. The molecule has 1 fully saturated rings. The van der Waals surface area contributed by atoms with E-state index in [2.05, 4.69) is 27.8 Å². The van der Waals surface area contributed by atoms with E-state index >= 15 is 0 Å². The second kappa shape index (κ2) is 7.37. The van der Waals surface area contributed by atoms with Gasteiger partial charge in [0.05, 0.1) is 11.8 Å². The van der Waals surface area contributed by atoms with Crippen molar-refractivity contribution in [3.05, 3.63) is 24.0 Å². The fourth-order valence-electron chi connectivity index (χ4n) is 2.14. The summed E-state index contributed by atoms with van der Waals surface area (Å²) in [5.74, 6) is 1.83. The monoisotopic (exact) mass is 363 g/mol. The molecule has 17 heavy (non-hydrogen) atoms. The Morgan fingerprint density at radius 1 is 1.35 bits per heavy atom. The Morgan fingerprint density at radius 3 is 2.71 bits per heavy atom. The van der Waals surface area contributed by atoms with Crippen molar-refractivity contribution in [1.29, 1.82) is 0 Å². The number of alkyl halides is 1. The minimum Gasteiger partial charge on any atom is -0.490 e. The molecular weight excluding hydrogens is 346 g/mol. The van der Waals surface area contributed by atoms with E-state index in [0.717, 1.165) is 22.7 Å². The van der Waals surface area contributed by atoms with Gasteiger partial charge < -0.3 is 4.74 Å². The Balaban J connectivity index is 0.00000144. The summed E-state index contributed by atoms with van der Waals surface area (Å²) in [4.78, 5) is 4.24. The van der Waals surface area contributed by atoms with Crippen LogP contribution in [-0.2, 0) is 5.33 Å². The van der Waals surface area contributed by atoms with E-state index in [4.69, 9.17) is 4.74 Å². The molecule has 0 radical (unpaired) electrons. The summed E-state index contributed by atoms with van der Waals surface area (Å²) in [6.45, 7) is 2.32. The molecule has 0 aliphatic heterocycles. The molecule has 0 aromatic carbocycles. The Morgan fingerprint density at radius 2 is 2.06 bits per heavy atom. The minimum absolute atomic E-state index is 0. The van der Waals surface area contributed by atoms with Gasteiger partial charge in [0.15, 0.2) is 0 Å². The van der Waals surface area contributed by atoms with E-state index in [-0.39, 0.29) is 17.0 Å². The van der Waals surface area contributed by atoms with Crippen LogP contribution in [0.5, 0.6) is 5.75 Å². The molecule has 1 aliphatic rings. The number of hydrogen-bond donors (Lipinski definition) is 0. The standard InChI is InChI=1S/C13H18BrNO.BrH/c1-10-2-4-12(5-3-10)16-13-6-7-15-11(8-13)9-14;/h6-8,10,12H,2-5,9H2,1H3;1H. The van der Waals surface area contributed by atoms with Crippen LogP contribution >= 0.6 is 32.9 Å². The molecule has 2 nitrogen and oxygen atoms in total. The lowest BCUT2D eigenvalue weighted by atomic mass is 9.89. The predicted molar refractivity (Wildman–Crippen MR) is 79.2 cm³/mol. The molecule has 0 spiro atoms. The Kier molecular flexibility index (Phi) is 6.49. The van der Waals surface area contributed by atoms with Crippen molar-refractivity contribution in [3.63, 3.8) is 0 Å². The van der Waals surface area contributed by atoms with Gasteiger partial charge in [-0.25, -0.2) is 0 Å². The van der Waals surface area contributed by atoms with Gasteiger partial charge in [-0.1, -0.05) is 22.9 Å². The molecule has 0 unspecified atom stereocenters. The van der Waals surface area contributed by atoms with E-state index < -0.39 is 0 Å². The zero-order valence-electron chi connectivity index (χ0n) is 10.1. The minimum atomic E-state index is 0. The largest absolute Gasteiger partial charge is 0.490 e. The summed E-state index contributed by atoms with van der Waals surface area (Å²) in [5.41, 5.74) is 1.03. The average molecular weight is 365 g/mol. The van der Waals surface area contributed by atoms with Crippen molar-refractivity contribution in [2.24, 2.45) is 5.92 Å². The highest BCUT2D eigenvalue weighted by Gasteiger charge is 2.19. The normalized spacial score (nSPS) is 23.9. The van der Waals surface area contributed by atoms with Gasteiger partial charge in [-0.15, -0.1) is 17.0 Å². The average Bonchev–Trinajstić information content (AvgIpc) is 2.32. The molecule has 1 saturated carbocycles. The van der Waals surface area contributed by atoms with Crippen molar-refractivity contribution in [3.8, 4) is 5.75 Å². The third-order valence-corrected chi connectivity index (χ3v) is 3.77. The number of nitrogens with zero attached hydrogens (tertiary/aromatic N) is 1. The highest BCUT2D eigenvalue weighted by Crippen LogP contribution is 2.27. The molecule has 0 bridgehead atoms. The van der Waals surface area contributed by atoms with Gasteiger partial charge in [0.2, 0.25) is 0 Å².